The van der Waals surface area contributed by atoms with Crippen LogP contribution in [0.4, 0.5) is 5.82 Å². The van der Waals surface area contributed by atoms with Gasteiger partial charge in [0.25, 0.3) is 0 Å². The Morgan fingerprint density at radius 2 is 2.18 bits per heavy atom. The number of carboxylic acid groups (broad SMARTS) is 1. The number of hydrogen-bond donors (Lipinski definition) is 2. The number of anilines is 1. The van der Waals surface area contributed by atoms with E-state index in [1.807, 2.05) is 23.1 Å². The van der Waals surface area contributed by atoms with Gasteiger partial charge in [-0.2, -0.15) is 0 Å². The highest BCUT2D eigenvalue weighted by molar-refractivity contribution is 5.80. The summed E-state index contributed by atoms with van der Waals surface area (Å²) in [6, 6.07) is 5.61. The van der Waals surface area contributed by atoms with Crippen molar-refractivity contribution in [3.63, 3.8) is 0 Å². The molecule has 1 atom stereocenters. The first-order valence-corrected chi connectivity index (χ1v) is 7.24. The molecule has 2 N–H and O–H groups in total. The number of nitrogens with zero attached hydrogens (tertiary/aromatic N) is 3. The fourth-order valence-corrected chi connectivity index (χ4v) is 2.66. The Balaban J connectivity index is 1.90. The summed E-state index contributed by atoms with van der Waals surface area (Å²) in [5, 5.41) is 19.2. The van der Waals surface area contributed by atoms with E-state index in [1.54, 1.807) is 13.2 Å². The van der Waals surface area contributed by atoms with Crippen molar-refractivity contribution in [2.45, 2.75) is 24.9 Å². The van der Waals surface area contributed by atoms with E-state index < -0.39 is 11.6 Å². The molecule has 1 amide bonds. The maximum absolute atomic E-state index is 11.9. The molecule has 22 heavy (non-hydrogen) atoms. The Hall–Kier alpha value is -2.15. The molecule has 1 saturated heterocycles. The zero-order valence-corrected chi connectivity index (χ0v) is 12.6. The Bertz CT molecular complexity index is 537. The number of rotatable bonds is 6. The molecular weight excluding hydrogens is 286 g/mol. The monoisotopic (exact) mass is 307 g/mol. The highest BCUT2D eigenvalue weighted by Gasteiger charge is 2.38. The third-order valence-corrected chi connectivity index (χ3v) is 3.82. The smallest absolute Gasteiger partial charge is 0.303 e. The molecule has 0 radical (unpaired) electrons. The molecule has 0 saturated carbocycles. The number of amides is 1. The fourth-order valence-electron chi connectivity index (χ4n) is 2.66. The van der Waals surface area contributed by atoms with Crippen LogP contribution in [0.1, 0.15) is 19.3 Å². The molecule has 0 bridgehead atoms. The van der Waals surface area contributed by atoms with Crippen molar-refractivity contribution in [1.82, 2.24) is 9.88 Å². The number of pyridine rings is 1. The number of carboxylic acids is 1. The van der Waals surface area contributed by atoms with Gasteiger partial charge in [0.05, 0.1) is 13.0 Å². The van der Waals surface area contributed by atoms with E-state index in [9.17, 15) is 14.7 Å². The summed E-state index contributed by atoms with van der Waals surface area (Å²) < 4.78 is 0. The lowest BCUT2D eigenvalue weighted by Gasteiger charge is -2.29. The van der Waals surface area contributed by atoms with Gasteiger partial charge in [-0.25, -0.2) is 4.98 Å². The summed E-state index contributed by atoms with van der Waals surface area (Å²) in [5.74, 6) is -0.465. The third-order valence-electron chi connectivity index (χ3n) is 3.82. The minimum Gasteiger partial charge on any atom is -0.481 e. The number of hydrogen-bond acceptors (Lipinski definition) is 5. The molecule has 2 rings (SSSR count). The molecule has 1 aromatic rings. The number of carbonyl (C=O) groups is 2. The number of aliphatic carboxylic acids is 1. The van der Waals surface area contributed by atoms with Gasteiger partial charge in [-0.3, -0.25) is 9.59 Å². The standard InChI is InChI=1S/C15H21N3O4/c1-17(13(19)5-6-14(20)21)10-15(22)7-9-18(11-15)12-4-2-3-8-16-12/h2-4,8,22H,5-7,9-11H2,1H3,(H,20,21)/t15-/m0/s1. The van der Waals surface area contributed by atoms with Crippen LogP contribution >= 0.6 is 0 Å². The maximum atomic E-state index is 11.9. The molecule has 0 aliphatic carbocycles. The van der Waals surface area contributed by atoms with Crippen LogP contribution in [0.2, 0.25) is 0 Å². The van der Waals surface area contributed by atoms with Crippen LogP contribution < -0.4 is 4.90 Å². The van der Waals surface area contributed by atoms with Crippen molar-refractivity contribution in [3.8, 4) is 0 Å². The van der Waals surface area contributed by atoms with Crippen LogP contribution in [0.25, 0.3) is 0 Å². The van der Waals surface area contributed by atoms with E-state index in [1.165, 1.54) is 4.90 Å². The number of carbonyl (C=O) groups excluding carboxylic acids is 1. The van der Waals surface area contributed by atoms with Gasteiger partial charge in [-0.05, 0) is 18.6 Å². The molecule has 1 aromatic heterocycles. The zero-order chi connectivity index (χ0) is 16.2. The van der Waals surface area contributed by atoms with Gasteiger partial charge < -0.3 is 20.0 Å². The average molecular weight is 307 g/mol. The van der Waals surface area contributed by atoms with Crippen LogP contribution in [-0.4, -0.2) is 64.3 Å². The second-order valence-corrected chi connectivity index (χ2v) is 5.73. The second-order valence-electron chi connectivity index (χ2n) is 5.73. The van der Waals surface area contributed by atoms with Crippen LogP contribution in [0.5, 0.6) is 0 Å². The van der Waals surface area contributed by atoms with Gasteiger partial charge in [0.2, 0.25) is 5.91 Å². The summed E-state index contributed by atoms with van der Waals surface area (Å²) in [5.41, 5.74) is -0.995. The average Bonchev–Trinajstić information content (AvgIpc) is 2.87. The van der Waals surface area contributed by atoms with E-state index in [0.717, 1.165) is 5.82 Å². The Kier molecular flexibility index (Phi) is 4.97. The SMILES string of the molecule is CN(C[C@@]1(O)CCN(c2ccccn2)C1)C(=O)CCC(=O)O. The predicted octanol–water partition coefficient (Wildman–Crippen LogP) is 0.346. The van der Waals surface area contributed by atoms with E-state index >= 15 is 0 Å². The summed E-state index contributed by atoms with van der Waals surface area (Å²) in [6.45, 7) is 1.26. The van der Waals surface area contributed by atoms with Crippen molar-refractivity contribution < 1.29 is 19.8 Å². The van der Waals surface area contributed by atoms with E-state index in [4.69, 9.17) is 5.11 Å². The van der Waals surface area contributed by atoms with Gasteiger partial charge in [-0.1, -0.05) is 6.07 Å². The van der Waals surface area contributed by atoms with Crippen molar-refractivity contribution in [1.29, 1.82) is 0 Å². The molecule has 7 heteroatoms. The largest absolute Gasteiger partial charge is 0.481 e. The summed E-state index contributed by atoms with van der Waals surface area (Å²) >= 11 is 0. The molecule has 1 aliphatic heterocycles. The second kappa shape index (κ2) is 6.74. The molecule has 0 unspecified atom stereocenters. The molecule has 0 spiro atoms. The van der Waals surface area contributed by atoms with Gasteiger partial charge in [0, 0.05) is 32.8 Å². The van der Waals surface area contributed by atoms with Crippen LogP contribution in [0.3, 0.4) is 0 Å². The molecular formula is C15H21N3O4. The number of β-amino-alcohol motifs (C(OH)–C–C–N with tert-alkyl or cyclic N) is 1. The Morgan fingerprint density at radius 3 is 2.82 bits per heavy atom. The summed E-state index contributed by atoms with van der Waals surface area (Å²) in [4.78, 5) is 30.0. The molecule has 2 heterocycles. The number of aliphatic hydroxyl groups is 1. The molecule has 1 fully saturated rings. The molecule has 7 nitrogen and oxygen atoms in total. The first kappa shape index (κ1) is 16.2. The van der Waals surface area contributed by atoms with Crippen molar-refractivity contribution in [2.24, 2.45) is 0 Å². The van der Waals surface area contributed by atoms with Crippen molar-refractivity contribution in [3.05, 3.63) is 24.4 Å². The zero-order valence-electron chi connectivity index (χ0n) is 12.6. The first-order chi connectivity index (χ1) is 10.4. The molecule has 120 valence electrons. The van der Waals surface area contributed by atoms with Gasteiger partial charge in [0.1, 0.15) is 11.4 Å². The third kappa shape index (κ3) is 4.17. The highest BCUT2D eigenvalue weighted by Crippen LogP contribution is 2.26. The number of likely N-dealkylation sites (N-methyl/N-ethyl adjacent to an activating group) is 1. The van der Waals surface area contributed by atoms with Crippen LogP contribution in [0.15, 0.2) is 24.4 Å². The lowest BCUT2D eigenvalue weighted by Crippen LogP contribution is -2.46. The lowest BCUT2D eigenvalue weighted by molar-refractivity contribution is -0.141. The lowest BCUT2D eigenvalue weighted by atomic mass is 10.0. The summed E-state index contributed by atoms with van der Waals surface area (Å²) in [6.07, 6.45) is 2.00. The molecule has 0 aromatic carbocycles. The maximum Gasteiger partial charge on any atom is 0.303 e. The normalized spacial score (nSPS) is 20.9. The Labute approximate surface area is 129 Å². The highest BCUT2D eigenvalue weighted by atomic mass is 16.4. The quantitative estimate of drug-likeness (QED) is 0.787. The minimum atomic E-state index is -0.998. The van der Waals surface area contributed by atoms with Crippen molar-refractivity contribution in [2.75, 3.05) is 31.6 Å². The minimum absolute atomic E-state index is 0.0497. The van der Waals surface area contributed by atoms with Crippen LogP contribution in [-0.2, 0) is 9.59 Å². The summed E-state index contributed by atoms with van der Waals surface area (Å²) in [7, 11) is 1.59. The van der Waals surface area contributed by atoms with Gasteiger partial charge in [0.15, 0.2) is 0 Å². The van der Waals surface area contributed by atoms with Gasteiger partial charge >= 0.3 is 5.97 Å². The topological polar surface area (TPSA) is 94.0 Å². The molecule has 1 aliphatic rings. The first-order valence-electron chi connectivity index (χ1n) is 7.24. The van der Waals surface area contributed by atoms with E-state index in [0.29, 0.717) is 19.5 Å². The fraction of sp³-hybridized carbons (Fsp3) is 0.533. The van der Waals surface area contributed by atoms with Crippen LogP contribution in [0, 0.1) is 0 Å². The predicted molar refractivity (Wildman–Crippen MR) is 80.5 cm³/mol. The number of aromatic nitrogens is 1. The van der Waals surface area contributed by atoms with E-state index in [-0.39, 0.29) is 25.3 Å². The Morgan fingerprint density at radius 1 is 1.41 bits per heavy atom. The van der Waals surface area contributed by atoms with Gasteiger partial charge in [-0.15, -0.1) is 0 Å². The van der Waals surface area contributed by atoms with E-state index in [2.05, 4.69) is 4.98 Å². The van der Waals surface area contributed by atoms with Crippen molar-refractivity contribution >= 4 is 17.7 Å².